The summed E-state index contributed by atoms with van der Waals surface area (Å²) >= 11 is 1.64. The van der Waals surface area contributed by atoms with E-state index in [0.29, 0.717) is 29.7 Å². The number of amides is 1. The molecule has 0 saturated heterocycles. The average Bonchev–Trinajstić information content (AvgIpc) is 3.33. The van der Waals surface area contributed by atoms with Crippen LogP contribution >= 0.6 is 11.3 Å². The molecule has 1 amide bonds. The topological polar surface area (TPSA) is 94.3 Å². The summed E-state index contributed by atoms with van der Waals surface area (Å²) < 4.78 is 23.5. The van der Waals surface area contributed by atoms with Crippen molar-refractivity contribution < 1.29 is 23.2 Å². The van der Waals surface area contributed by atoms with E-state index in [1.807, 2.05) is 19.9 Å². The third-order valence-electron chi connectivity index (χ3n) is 5.14. The molecule has 4 rings (SSSR count). The Kier molecular flexibility index (Phi) is 6.50. The van der Waals surface area contributed by atoms with Crippen LogP contribution in [0, 0.1) is 26.6 Å². The molecule has 0 radical (unpaired) electrons. The minimum absolute atomic E-state index is 0.240. The van der Waals surface area contributed by atoms with Crippen molar-refractivity contribution in [3.63, 3.8) is 0 Å². The number of nitrogens with zero attached hydrogens (tertiary/aromatic N) is 2. The number of fused-ring (bicyclic) bond motifs is 1. The van der Waals surface area contributed by atoms with E-state index in [1.165, 1.54) is 12.1 Å². The number of aryl methyl sites for hydroxylation is 3. The lowest BCUT2D eigenvalue weighted by Gasteiger charge is -2.09. The zero-order valence-corrected chi connectivity index (χ0v) is 19.2. The molecule has 0 atom stereocenters. The number of thiophene rings is 1. The molecule has 9 heteroatoms. The van der Waals surface area contributed by atoms with Crippen LogP contribution in [0.5, 0.6) is 0 Å². The second-order valence-corrected chi connectivity index (χ2v) is 9.09. The molecule has 3 heterocycles. The van der Waals surface area contributed by atoms with Gasteiger partial charge in [-0.25, -0.2) is 14.2 Å². The van der Waals surface area contributed by atoms with Gasteiger partial charge in [-0.2, -0.15) is 0 Å². The van der Waals surface area contributed by atoms with Gasteiger partial charge in [-0.15, -0.1) is 11.3 Å². The molecule has 170 valence electrons. The highest BCUT2D eigenvalue weighted by Gasteiger charge is 2.22. The van der Waals surface area contributed by atoms with Crippen LogP contribution in [-0.2, 0) is 16.0 Å². The van der Waals surface area contributed by atoms with Crippen molar-refractivity contribution in [1.82, 2.24) is 15.5 Å². The Hall–Kier alpha value is -3.59. The molecule has 0 aliphatic rings. The van der Waals surface area contributed by atoms with Crippen molar-refractivity contribution in [1.29, 1.82) is 0 Å². The first kappa shape index (κ1) is 22.6. The Morgan fingerprint density at radius 3 is 2.61 bits per heavy atom. The Balaban J connectivity index is 1.45. The molecule has 1 N–H and O–H groups in total. The summed E-state index contributed by atoms with van der Waals surface area (Å²) in [5.41, 5.74) is 3.37. The van der Waals surface area contributed by atoms with Gasteiger partial charge in [0.05, 0.1) is 22.3 Å². The fraction of sp³-hybridized carbons (Fsp3) is 0.250. The van der Waals surface area contributed by atoms with Crippen molar-refractivity contribution in [2.75, 3.05) is 13.2 Å². The number of esters is 1. The smallest absolute Gasteiger partial charge is 0.339 e. The maximum absolute atomic E-state index is 13.0. The minimum Gasteiger partial charge on any atom is -0.452 e. The summed E-state index contributed by atoms with van der Waals surface area (Å²) in [6, 6.07) is 9.71. The van der Waals surface area contributed by atoms with Crippen LogP contribution in [0.2, 0.25) is 0 Å². The third-order valence-corrected chi connectivity index (χ3v) is 6.10. The number of benzene rings is 1. The summed E-state index contributed by atoms with van der Waals surface area (Å²) in [6.07, 6.45) is 0.535. The Labute approximate surface area is 193 Å². The first-order valence-corrected chi connectivity index (χ1v) is 11.2. The summed E-state index contributed by atoms with van der Waals surface area (Å²) in [7, 11) is 0. The number of nitrogens with one attached hydrogen (secondary N) is 1. The van der Waals surface area contributed by atoms with Crippen LogP contribution in [0.1, 0.15) is 31.4 Å². The number of carbonyl (C=O) groups excluding carboxylic acids is 2. The average molecular weight is 468 g/mol. The molecular formula is C24H22FN3O4S. The van der Waals surface area contributed by atoms with Gasteiger partial charge in [0.15, 0.2) is 6.61 Å². The van der Waals surface area contributed by atoms with Crippen LogP contribution in [0.4, 0.5) is 4.39 Å². The van der Waals surface area contributed by atoms with Crippen molar-refractivity contribution in [2.45, 2.75) is 27.2 Å². The standard InChI is InChI=1S/C24H22FN3O4S/c1-13-10-18(15(3)33-13)20-11-19(22-14(2)28-32-23(22)27-20)24(30)31-12-21(29)26-9-8-16-4-6-17(25)7-5-16/h4-7,10-11H,8-9,12H2,1-3H3,(H,26,29). The van der Waals surface area contributed by atoms with Gasteiger partial charge in [0, 0.05) is 21.9 Å². The minimum atomic E-state index is -0.659. The van der Waals surface area contributed by atoms with Gasteiger partial charge in [-0.05, 0) is 57.0 Å². The SMILES string of the molecule is Cc1cc(-c2cc(C(=O)OCC(=O)NCCc3ccc(F)cc3)c3c(C)noc3n2)c(C)s1. The van der Waals surface area contributed by atoms with Gasteiger partial charge < -0.3 is 14.6 Å². The molecule has 0 unspecified atom stereocenters. The van der Waals surface area contributed by atoms with Crippen LogP contribution in [-0.4, -0.2) is 35.2 Å². The lowest BCUT2D eigenvalue weighted by atomic mass is 10.1. The highest BCUT2D eigenvalue weighted by molar-refractivity contribution is 7.12. The number of pyridine rings is 1. The van der Waals surface area contributed by atoms with Crippen molar-refractivity contribution >= 4 is 34.3 Å². The van der Waals surface area contributed by atoms with E-state index in [1.54, 1.807) is 36.5 Å². The van der Waals surface area contributed by atoms with Gasteiger partial charge >= 0.3 is 5.97 Å². The van der Waals surface area contributed by atoms with E-state index in [9.17, 15) is 14.0 Å². The van der Waals surface area contributed by atoms with Crippen LogP contribution in [0.3, 0.4) is 0 Å². The van der Waals surface area contributed by atoms with Gasteiger partial charge in [0.2, 0.25) is 0 Å². The fourth-order valence-corrected chi connectivity index (χ4v) is 4.47. The maximum Gasteiger partial charge on any atom is 0.339 e. The zero-order valence-electron chi connectivity index (χ0n) is 18.4. The van der Waals surface area contributed by atoms with E-state index in [4.69, 9.17) is 9.26 Å². The fourth-order valence-electron chi connectivity index (χ4n) is 3.54. The first-order valence-electron chi connectivity index (χ1n) is 10.3. The van der Waals surface area contributed by atoms with Crippen molar-refractivity contribution in [3.05, 3.63) is 68.8 Å². The van der Waals surface area contributed by atoms with E-state index in [0.717, 1.165) is 20.9 Å². The molecule has 4 aromatic rings. The number of carbonyl (C=O) groups is 2. The van der Waals surface area contributed by atoms with E-state index < -0.39 is 18.5 Å². The number of halogens is 1. The number of ether oxygens (including phenoxy) is 1. The van der Waals surface area contributed by atoms with Crippen LogP contribution in [0.15, 0.2) is 40.9 Å². The third kappa shape index (κ3) is 5.09. The zero-order chi connectivity index (χ0) is 23.5. The predicted molar refractivity (Wildman–Crippen MR) is 123 cm³/mol. The van der Waals surface area contributed by atoms with Gasteiger partial charge in [-0.1, -0.05) is 17.3 Å². The molecular weight excluding hydrogens is 445 g/mol. The highest BCUT2D eigenvalue weighted by Crippen LogP contribution is 2.33. The summed E-state index contributed by atoms with van der Waals surface area (Å²) in [4.78, 5) is 31.7. The number of hydrogen-bond donors (Lipinski definition) is 1. The monoisotopic (exact) mass is 467 g/mol. The molecule has 0 aliphatic heterocycles. The quantitative estimate of drug-likeness (QED) is 0.401. The molecule has 1 aromatic carbocycles. The predicted octanol–water partition coefficient (Wildman–Crippen LogP) is 4.53. The lowest BCUT2D eigenvalue weighted by Crippen LogP contribution is -2.30. The van der Waals surface area contributed by atoms with Crippen molar-refractivity contribution in [3.8, 4) is 11.3 Å². The molecule has 0 aliphatic carbocycles. The highest BCUT2D eigenvalue weighted by atomic mass is 32.1. The van der Waals surface area contributed by atoms with E-state index in [-0.39, 0.29) is 17.1 Å². The Bertz CT molecular complexity index is 1330. The van der Waals surface area contributed by atoms with E-state index in [2.05, 4.69) is 15.5 Å². The lowest BCUT2D eigenvalue weighted by molar-refractivity contribution is -0.124. The Morgan fingerprint density at radius 1 is 1.15 bits per heavy atom. The largest absolute Gasteiger partial charge is 0.452 e. The maximum atomic E-state index is 13.0. The molecule has 0 fully saturated rings. The number of hydrogen-bond acceptors (Lipinski definition) is 7. The summed E-state index contributed by atoms with van der Waals surface area (Å²) in [5, 5.41) is 7.08. The van der Waals surface area contributed by atoms with Crippen molar-refractivity contribution in [2.24, 2.45) is 0 Å². The Morgan fingerprint density at radius 2 is 1.91 bits per heavy atom. The molecule has 7 nitrogen and oxygen atoms in total. The second kappa shape index (κ2) is 9.50. The van der Waals surface area contributed by atoms with E-state index >= 15 is 0 Å². The van der Waals surface area contributed by atoms with Gasteiger partial charge in [0.25, 0.3) is 11.6 Å². The van der Waals surface area contributed by atoms with Crippen LogP contribution in [0.25, 0.3) is 22.4 Å². The molecule has 33 heavy (non-hydrogen) atoms. The second-order valence-electron chi connectivity index (χ2n) is 7.63. The normalized spacial score (nSPS) is 11.0. The summed E-state index contributed by atoms with van der Waals surface area (Å²) in [6.45, 7) is 5.61. The van der Waals surface area contributed by atoms with Gasteiger partial charge in [0.1, 0.15) is 5.82 Å². The molecule has 3 aromatic heterocycles. The summed E-state index contributed by atoms with van der Waals surface area (Å²) in [5.74, 6) is -1.40. The molecule has 0 bridgehead atoms. The van der Waals surface area contributed by atoms with Crippen LogP contribution < -0.4 is 5.32 Å². The molecule has 0 spiro atoms. The number of rotatable bonds is 7. The molecule has 0 saturated carbocycles. The first-order chi connectivity index (χ1) is 15.8. The number of aromatic nitrogens is 2. The van der Waals surface area contributed by atoms with Gasteiger partial charge in [-0.3, -0.25) is 4.79 Å².